The molecular formula is C15H22N2O3S. The minimum absolute atomic E-state index is 0.0582. The summed E-state index contributed by atoms with van der Waals surface area (Å²) in [5, 5.41) is 0. The fourth-order valence-corrected chi connectivity index (χ4v) is 5.10. The maximum Gasteiger partial charge on any atom is 0.255 e. The summed E-state index contributed by atoms with van der Waals surface area (Å²) in [5.74, 6) is 0.226. The molecule has 21 heavy (non-hydrogen) atoms. The summed E-state index contributed by atoms with van der Waals surface area (Å²) < 4.78 is 25.4. The number of aryl methyl sites for hydroxylation is 1. The van der Waals surface area contributed by atoms with Crippen LogP contribution in [-0.2, 0) is 9.84 Å². The second kappa shape index (κ2) is 4.87. The molecule has 3 rings (SSSR count). The van der Waals surface area contributed by atoms with E-state index < -0.39 is 9.84 Å². The first-order valence-corrected chi connectivity index (χ1v) is 9.28. The standard InChI is InChI=1S/C15H22N2O3S/c1-10-8-14(11(2)17(10)12-4-5-12)15(18)16(3)13-6-7-21(19,20)9-13/h8,12-13H,4-7,9H2,1-3H3. The van der Waals surface area contributed by atoms with Gasteiger partial charge in [-0.05, 0) is 39.2 Å². The van der Waals surface area contributed by atoms with Crippen LogP contribution in [0.5, 0.6) is 0 Å². The minimum atomic E-state index is -2.97. The Balaban J connectivity index is 1.84. The Morgan fingerprint density at radius 1 is 1.29 bits per heavy atom. The normalized spacial score (nSPS) is 24.2. The Labute approximate surface area is 125 Å². The number of carbonyl (C=O) groups excluding carboxylic acids is 1. The van der Waals surface area contributed by atoms with Crippen LogP contribution < -0.4 is 0 Å². The van der Waals surface area contributed by atoms with Crippen molar-refractivity contribution in [3.63, 3.8) is 0 Å². The number of hydrogen-bond acceptors (Lipinski definition) is 3. The van der Waals surface area contributed by atoms with E-state index in [4.69, 9.17) is 0 Å². The van der Waals surface area contributed by atoms with Gasteiger partial charge in [0, 0.05) is 30.5 Å². The van der Waals surface area contributed by atoms with Gasteiger partial charge in [0.1, 0.15) is 0 Å². The smallest absolute Gasteiger partial charge is 0.255 e. The Morgan fingerprint density at radius 3 is 2.48 bits per heavy atom. The molecule has 2 fully saturated rings. The molecule has 1 aliphatic carbocycles. The van der Waals surface area contributed by atoms with E-state index in [9.17, 15) is 13.2 Å². The van der Waals surface area contributed by atoms with Gasteiger partial charge in [-0.3, -0.25) is 4.79 Å². The van der Waals surface area contributed by atoms with Crippen molar-refractivity contribution >= 4 is 15.7 Å². The summed E-state index contributed by atoms with van der Waals surface area (Å²) in [4.78, 5) is 14.3. The maximum atomic E-state index is 12.7. The molecule has 1 aromatic heterocycles. The monoisotopic (exact) mass is 310 g/mol. The first-order chi connectivity index (χ1) is 9.80. The third-order valence-corrected chi connectivity index (χ3v) is 6.45. The van der Waals surface area contributed by atoms with Gasteiger partial charge >= 0.3 is 0 Å². The van der Waals surface area contributed by atoms with E-state index in [1.54, 1.807) is 11.9 Å². The second-order valence-corrected chi connectivity index (χ2v) is 8.59. The SMILES string of the molecule is Cc1cc(C(=O)N(C)C2CCS(=O)(=O)C2)c(C)n1C1CC1. The van der Waals surface area contributed by atoms with Crippen LogP contribution in [0.15, 0.2) is 6.07 Å². The van der Waals surface area contributed by atoms with Crippen molar-refractivity contribution in [2.75, 3.05) is 18.6 Å². The molecule has 0 bridgehead atoms. The van der Waals surface area contributed by atoms with Crippen LogP contribution in [0.2, 0.25) is 0 Å². The predicted molar refractivity (Wildman–Crippen MR) is 81.3 cm³/mol. The molecule has 1 saturated carbocycles. The highest BCUT2D eigenvalue weighted by atomic mass is 32.2. The summed E-state index contributed by atoms with van der Waals surface area (Å²) >= 11 is 0. The fourth-order valence-electron chi connectivity index (χ4n) is 3.32. The summed E-state index contributed by atoms with van der Waals surface area (Å²) in [7, 11) is -1.25. The van der Waals surface area contributed by atoms with Gasteiger partial charge < -0.3 is 9.47 Å². The zero-order chi connectivity index (χ0) is 15.4. The average molecular weight is 310 g/mol. The number of aromatic nitrogens is 1. The number of nitrogens with zero attached hydrogens (tertiary/aromatic N) is 2. The molecule has 116 valence electrons. The van der Waals surface area contributed by atoms with E-state index in [-0.39, 0.29) is 23.5 Å². The molecule has 5 nitrogen and oxygen atoms in total. The van der Waals surface area contributed by atoms with Gasteiger partial charge in [-0.25, -0.2) is 8.42 Å². The molecule has 2 aliphatic rings. The summed E-state index contributed by atoms with van der Waals surface area (Å²) in [6.07, 6.45) is 2.91. The summed E-state index contributed by atoms with van der Waals surface area (Å²) in [6.45, 7) is 4.01. The van der Waals surface area contributed by atoms with Crippen LogP contribution >= 0.6 is 0 Å². The van der Waals surface area contributed by atoms with E-state index in [0.717, 1.165) is 11.4 Å². The number of hydrogen-bond donors (Lipinski definition) is 0. The van der Waals surface area contributed by atoms with Crippen molar-refractivity contribution < 1.29 is 13.2 Å². The second-order valence-electron chi connectivity index (χ2n) is 6.36. The van der Waals surface area contributed by atoms with Gasteiger partial charge in [0.15, 0.2) is 9.84 Å². The quantitative estimate of drug-likeness (QED) is 0.854. The Hall–Kier alpha value is -1.30. The molecule has 2 heterocycles. The highest BCUT2D eigenvalue weighted by Gasteiger charge is 2.35. The number of sulfone groups is 1. The molecule has 6 heteroatoms. The fraction of sp³-hybridized carbons (Fsp3) is 0.667. The first-order valence-electron chi connectivity index (χ1n) is 7.46. The largest absolute Gasteiger partial charge is 0.345 e. The lowest BCUT2D eigenvalue weighted by molar-refractivity contribution is 0.0747. The van der Waals surface area contributed by atoms with E-state index in [0.29, 0.717) is 18.0 Å². The number of carbonyl (C=O) groups is 1. The van der Waals surface area contributed by atoms with Crippen LogP contribution in [0.3, 0.4) is 0 Å². The van der Waals surface area contributed by atoms with Crippen molar-refractivity contribution in [2.45, 2.75) is 45.2 Å². The van der Waals surface area contributed by atoms with Crippen molar-refractivity contribution in [2.24, 2.45) is 0 Å². The lowest BCUT2D eigenvalue weighted by atomic mass is 10.1. The number of rotatable bonds is 3. The molecule has 0 aromatic carbocycles. The van der Waals surface area contributed by atoms with E-state index in [1.807, 2.05) is 19.9 Å². The maximum absolute atomic E-state index is 12.7. The van der Waals surface area contributed by atoms with Crippen LogP contribution in [0.4, 0.5) is 0 Å². The molecule has 1 amide bonds. The van der Waals surface area contributed by atoms with Crippen molar-refractivity contribution in [3.05, 3.63) is 23.0 Å². The molecule has 0 radical (unpaired) electrons. The van der Waals surface area contributed by atoms with Gasteiger partial charge in [0.2, 0.25) is 0 Å². The van der Waals surface area contributed by atoms with Crippen LogP contribution in [0.1, 0.15) is 47.1 Å². The van der Waals surface area contributed by atoms with E-state index >= 15 is 0 Å². The molecule has 1 aromatic rings. The predicted octanol–water partition coefficient (Wildman–Crippen LogP) is 1.70. The van der Waals surface area contributed by atoms with Crippen LogP contribution in [0.25, 0.3) is 0 Å². The average Bonchev–Trinajstić information content (AvgIpc) is 3.11. The third-order valence-electron chi connectivity index (χ3n) is 4.70. The molecular weight excluding hydrogens is 288 g/mol. The molecule has 0 N–H and O–H groups in total. The minimum Gasteiger partial charge on any atom is -0.345 e. The molecule has 1 saturated heterocycles. The van der Waals surface area contributed by atoms with Crippen molar-refractivity contribution in [3.8, 4) is 0 Å². The van der Waals surface area contributed by atoms with Gasteiger partial charge in [0.05, 0.1) is 17.1 Å². The summed E-state index contributed by atoms with van der Waals surface area (Å²) in [6, 6.07) is 2.30. The van der Waals surface area contributed by atoms with Gasteiger partial charge in [-0.2, -0.15) is 0 Å². The van der Waals surface area contributed by atoms with Crippen LogP contribution in [0, 0.1) is 13.8 Å². The lowest BCUT2D eigenvalue weighted by Crippen LogP contribution is -2.38. The Morgan fingerprint density at radius 2 is 1.95 bits per heavy atom. The third kappa shape index (κ3) is 2.61. The number of amides is 1. The molecule has 0 spiro atoms. The molecule has 1 atom stereocenters. The van der Waals surface area contributed by atoms with Crippen LogP contribution in [-0.4, -0.2) is 48.4 Å². The van der Waals surface area contributed by atoms with Gasteiger partial charge in [0.25, 0.3) is 5.91 Å². The molecule has 1 unspecified atom stereocenters. The Kier molecular flexibility index (Phi) is 3.39. The van der Waals surface area contributed by atoms with Gasteiger partial charge in [-0.1, -0.05) is 0 Å². The highest BCUT2D eigenvalue weighted by Crippen LogP contribution is 2.38. The zero-order valence-electron chi connectivity index (χ0n) is 12.8. The van der Waals surface area contributed by atoms with Crippen molar-refractivity contribution in [1.29, 1.82) is 0 Å². The van der Waals surface area contributed by atoms with E-state index in [2.05, 4.69) is 4.57 Å². The summed E-state index contributed by atoms with van der Waals surface area (Å²) in [5.41, 5.74) is 2.84. The zero-order valence-corrected chi connectivity index (χ0v) is 13.6. The Bertz CT molecular complexity index is 686. The molecule has 1 aliphatic heterocycles. The van der Waals surface area contributed by atoms with E-state index in [1.165, 1.54) is 12.8 Å². The lowest BCUT2D eigenvalue weighted by Gasteiger charge is -2.23. The van der Waals surface area contributed by atoms with Crippen molar-refractivity contribution in [1.82, 2.24) is 9.47 Å². The highest BCUT2D eigenvalue weighted by molar-refractivity contribution is 7.91. The first kappa shape index (κ1) is 14.6. The topological polar surface area (TPSA) is 59.4 Å². The van der Waals surface area contributed by atoms with Gasteiger partial charge in [-0.15, -0.1) is 0 Å².